The van der Waals surface area contributed by atoms with E-state index in [2.05, 4.69) is 17.1 Å². The lowest BCUT2D eigenvalue weighted by atomic mass is 10.1. The van der Waals surface area contributed by atoms with Gasteiger partial charge < -0.3 is 10.2 Å². The highest BCUT2D eigenvalue weighted by molar-refractivity contribution is 5.79. The molecule has 1 atom stereocenters. The molecule has 1 rings (SSSR count). The van der Waals surface area contributed by atoms with E-state index in [9.17, 15) is 4.79 Å². The quantitative estimate of drug-likeness (QED) is 0.695. The fourth-order valence-corrected chi connectivity index (χ4v) is 1.86. The Kier molecular flexibility index (Phi) is 5.09. The zero-order chi connectivity index (χ0) is 11.3. The third kappa shape index (κ3) is 3.82. The number of carbonyl (C=O) groups is 1. The van der Waals surface area contributed by atoms with E-state index in [1.165, 1.54) is 12.8 Å². The maximum absolute atomic E-state index is 12.1. The molecular weight excluding hydrogens is 188 g/mol. The van der Waals surface area contributed by atoms with Crippen LogP contribution in [0.15, 0.2) is 0 Å². The number of nitrogens with zero attached hydrogens (tertiary/aromatic N) is 1. The number of hydrogen-bond acceptors (Lipinski definition) is 2. The van der Waals surface area contributed by atoms with Crippen LogP contribution in [0.25, 0.3) is 0 Å². The molecule has 0 heterocycles. The second-order valence-electron chi connectivity index (χ2n) is 4.58. The van der Waals surface area contributed by atoms with Crippen LogP contribution >= 0.6 is 0 Å². The monoisotopic (exact) mass is 212 g/mol. The van der Waals surface area contributed by atoms with Crippen molar-refractivity contribution in [3.05, 3.63) is 0 Å². The fourth-order valence-electron chi connectivity index (χ4n) is 1.86. The first-order valence-corrected chi connectivity index (χ1v) is 6.15. The maximum Gasteiger partial charge on any atom is 0.226 e. The van der Waals surface area contributed by atoms with Crippen molar-refractivity contribution in [1.29, 1.82) is 0 Å². The van der Waals surface area contributed by atoms with Crippen molar-refractivity contribution in [1.82, 2.24) is 10.2 Å². The van der Waals surface area contributed by atoms with E-state index in [0.717, 1.165) is 25.9 Å². The Bertz CT molecular complexity index is 202. The highest BCUT2D eigenvalue weighted by Gasteiger charge is 2.33. The number of nitrogens with one attached hydrogen (secondary N) is 1. The summed E-state index contributed by atoms with van der Waals surface area (Å²) in [6.07, 6.45) is 4.72. The van der Waals surface area contributed by atoms with E-state index in [4.69, 9.17) is 0 Å². The van der Waals surface area contributed by atoms with Crippen molar-refractivity contribution in [2.24, 2.45) is 5.92 Å². The molecule has 3 nitrogen and oxygen atoms in total. The van der Waals surface area contributed by atoms with Crippen LogP contribution in [0.4, 0.5) is 0 Å². The van der Waals surface area contributed by atoms with Gasteiger partial charge in [0.15, 0.2) is 0 Å². The predicted molar refractivity (Wildman–Crippen MR) is 62.7 cm³/mol. The normalized spacial score (nSPS) is 17.5. The summed E-state index contributed by atoms with van der Waals surface area (Å²) in [4.78, 5) is 14.2. The van der Waals surface area contributed by atoms with Gasteiger partial charge >= 0.3 is 0 Å². The van der Waals surface area contributed by atoms with Gasteiger partial charge in [0, 0.05) is 25.0 Å². The summed E-state index contributed by atoms with van der Waals surface area (Å²) in [5.41, 5.74) is 0. The Morgan fingerprint density at radius 3 is 2.67 bits per heavy atom. The predicted octanol–water partition coefficient (Wildman–Crippen LogP) is 1.63. The zero-order valence-electron chi connectivity index (χ0n) is 10.3. The molecule has 1 N–H and O–H groups in total. The first-order valence-electron chi connectivity index (χ1n) is 6.15. The molecule has 0 radical (unpaired) electrons. The molecule has 1 unspecified atom stereocenters. The van der Waals surface area contributed by atoms with Crippen LogP contribution in [0.1, 0.15) is 39.5 Å². The van der Waals surface area contributed by atoms with Crippen LogP contribution in [0.5, 0.6) is 0 Å². The SMILES string of the molecule is CCCCN(C(=O)C(C)CNC)C1CC1. The van der Waals surface area contributed by atoms with Gasteiger partial charge in [-0.25, -0.2) is 0 Å². The number of amides is 1. The number of hydrogen-bond donors (Lipinski definition) is 1. The highest BCUT2D eigenvalue weighted by Crippen LogP contribution is 2.28. The summed E-state index contributed by atoms with van der Waals surface area (Å²) < 4.78 is 0. The van der Waals surface area contributed by atoms with Crippen molar-refractivity contribution >= 4 is 5.91 Å². The van der Waals surface area contributed by atoms with Crippen LogP contribution in [0, 0.1) is 5.92 Å². The minimum Gasteiger partial charge on any atom is -0.339 e. The molecule has 0 spiro atoms. The van der Waals surface area contributed by atoms with Gasteiger partial charge in [0.1, 0.15) is 0 Å². The fraction of sp³-hybridized carbons (Fsp3) is 0.917. The molecule has 1 aliphatic rings. The average molecular weight is 212 g/mol. The number of carbonyl (C=O) groups excluding carboxylic acids is 1. The Morgan fingerprint density at radius 2 is 2.20 bits per heavy atom. The topological polar surface area (TPSA) is 32.3 Å². The summed E-state index contributed by atoms with van der Waals surface area (Å²) >= 11 is 0. The minimum atomic E-state index is 0.118. The summed E-state index contributed by atoms with van der Waals surface area (Å²) in [6, 6.07) is 0.559. The molecule has 0 saturated heterocycles. The molecule has 88 valence electrons. The smallest absolute Gasteiger partial charge is 0.226 e. The minimum absolute atomic E-state index is 0.118. The third-order valence-corrected chi connectivity index (χ3v) is 2.96. The third-order valence-electron chi connectivity index (χ3n) is 2.96. The summed E-state index contributed by atoms with van der Waals surface area (Å²) in [5, 5.41) is 3.07. The number of unbranched alkanes of at least 4 members (excludes halogenated alkanes) is 1. The molecule has 1 aliphatic carbocycles. The Hall–Kier alpha value is -0.570. The van der Waals surface area contributed by atoms with Gasteiger partial charge in [0.25, 0.3) is 0 Å². The molecule has 0 bridgehead atoms. The lowest BCUT2D eigenvalue weighted by Crippen LogP contribution is -2.40. The van der Waals surface area contributed by atoms with Gasteiger partial charge in [-0.3, -0.25) is 4.79 Å². The Balaban J connectivity index is 2.43. The van der Waals surface area contributed by atoms with E-state index in [-0.39, 0.29) is 5.92 Å². The molecular formula is C12H24N2O. The molecule has 0 aromatic heterocycles. The average Bonchev–Trinajstić information content (AvgIpc) is 3.02. The lowest BCUT2D eigenvalue weighted by Gasteiger charge is -2.25. The second-order valence-corrected chi connectivity index (χ2v) is 4.58. The van der Waals surface area contributed by atoms with Gasteiger partial charge in [-0.05, 0) is 26.3 Å². The van der Waals surface area contributed by atoms with Crippen LogP contribution in [0.2, 0.25) is 0 Å². The van der Waals surface area contributed by atoms with Crippen LogP contribution in [-0.4, -0.2) is 37.0 Å². The van der Waals surface area contributed by atoms with Crippen LogP contribution in [0.3, 0.4) is 0 Å². The summed E-state index contributed by atoms with van der Waals surface area (Å²) in [5.74, 6) is 0.452. The summed E-state index contributed by atoms with van der Waals surface area (Å²) in [7, 11) is 1.90. The van der Waals surface area contributed by atoms with Crippen molar-refractivity contribution in [2.75, 3.05) is 20.1 Å². The Morgan fingerprint density at radius 1 is 1.53 bits per heavy atom. The second kappa shape index (κ2) is 6.11. The van der Waals surface area contributed by atoms with E-state index in [0.29, 0.717) is 11.9 Å². The molecule has 0 aromatic rings. The number of rotatable bonds is 7. The largest absolute Gasteiger partial charge is 0.339 e. The van der Waals surface area contributed by atoms with Gasteiger partial charge in [0.05, 0.1) is 0 Å². The maximum atomic E-state index is 12.1. The molecule has 15 heavy (non-hydrogen) atoms. The van der Waals surface area contributed by atoms with Crippen molar-refractivity contribution in [2.45, 2.75) is 45.6 Å². The van der Waals surface area contributed by atoms with Gasteiger partial charge in [-0.2, -0.15) is 0 Å². The molecule has 1 fully saturated rings. The first kappa shape index (κ1) is 12.5. The lowest BCUT2D eigenvalue weighted by molar-refractivity contribution is -0.135. The molecule has 0 aliphatic heterocycles. The van der Waals surface area contributed by atoms with Crippen molar-refractivity contribution < 1.29 is 4.79 Å². The van der Waals surface area contributed by atoms with E-state index >= 15 is 0 Å². The Labute approximate surface area is 93.2 Å². The highest BCUT2D eigenvalue weighted by atomic mass is 16.2. The standard InChI is InChI=1S/C12H24N2O/c1-4-5-8-14(11-6-7-11)12(15)10(2)9-13-3/h10-11,13H,4-9H2,1-3H3. The van der Waals surface area contributed by atoms with Crippen LogP contribution in [-0.2, 0) is 4.79 Å². The first-order chi connectivity index (χ1) is 7.20. The molecule has 0 aromatic carbocycles. The van der Waals surface area contributed by atoms with Crippen molar-refractivity contribution in [3.63, 3.8) is 0 Å². The van der Waals surface area contributed by atoms with Gasteiger partial charge in [-0.15, -0.1) is 0 Å². The molecule has 3 heteroatoms. The molecule has 1 amide bonds. The van der Waals surface area contributed by atoms with E-state index in [1.54, 1.807) is 0 Å². The van der Waals surface area contributed by atoms with Crippen molar-refractivity contribution in [3.8, 4) is 0 Å². The van der Waals surface area contributed by atoms with Gasteiger partial charge in [0.2, 0.25) is 5.91 Å². The van der Waals surface area contributed by atoms with Crippen LogP contribution < -0.4 is 5.32 Å². The zero-order valence-corrected chi connectivity index (χ0v) is 10.3. The summed E-state index contributed by atoms with van der Waals surface area (Å²) in [6.45, 7) is 5.93. The van der Waals surface area contributed by atoms with Gasteiger partial charge in [-0.1, -0.05) is 20.3 Å². The van der Waals surface area contributed by atoms with E-state index < -0.39 is 0 Å². The van der Waals surface area contributed by atoms with E-state index in [1.807, 2.05) is 14.0 Å². The molecule has 1 saturated carbocycles.